The average Bonchev–Trinajstić information content (AvgIpc) is 2.96. The highest BCUT2D eigenvalue weighted by molar-refractivity contribution is 6.31. The number of hydrogen-bond acceptors (Lipinski definition) is 1. The van der Waals surface area contributed by atoms with Gasteiger partial charge < -0.3 is 5.32 Å². The molecule has 2 fully saturated rings. The van der Waals surface area contributed by atoms with Crippen molar-refractivity contribution < 1.29 is 9.18 Å². The van der Waals surface area contributed by atoms with Crippen LogP contribution in [0.5, 0.6) is 0 Å². The maximum absolute atomic E-state index is 13.0. The van der Waals surface area contributed by atoms with Crippen molar-refractivity contribution in [2.75, 3.05) is 5.32 Å². The van der Waals surface area contributed by atoms with Crippen molar-refractivity contribution in [1.82, 2.24) is 0 Å². The van der Waals surface area contributed by atoms with Crippen molar-refractivity contribution >= 4 is 23.2 Å². The molecule has 0 radical (unpaired) electrons. The summed E-state index contributed by atoms with van der Waals surface area (Å²) in [5.74, 6) is 1.68. The highest BCUT2D eigenvalue weighted by Crippen LogP contribution is 2.49. The van der Waals surface area contributed by atoms with Gasteiger partial charge in [0.1, 0.15) is 5.82 Å². The number of benzene rings is 1. The third-order valence-electron chi connectivity index (χ3n) is 4.54. The second-order valence-corrected chi connectivity index (χ2v) is 6.22. The third kappa shape index (κ3) is 2.76. The van der Waals surface area contributed by atoms with Gasteiger partial charge in [-0.2, -0.15) is 0 Å². The van der Waals surface area contributed by atoms with Gasteiger partial charge in [-0.1, -0.05) is 18.0 Å². The Bertz CT molecular complexity index is 505. The van der Waals surface area contributed by atoms with E-state index >= 15 is 0 Å². The Morgan fingerprint density at radius 3 is 2.84 bits per heavy atom. The fourth-order valence-electron chi connectivity index (χ4n) is 3.65. The van der Waals surface area contributed by atoms with Crippen molar-refractivity contribution in [2.24, 2.45) is 17.8 Å². The van der Waals surface area contributed by atoms with Gasteiger partial charge in [0.2, 0.25) is 5.91 Å². The molecule has 19 heavy (non-hydrogen) atoms. The molecule has 102 valence electrons. The topological polar surface area (TPSA) is 29.1 Å². The molecule has 2 bridgehead atoms. The number of hydrogen-bond donors (Lipinski definition) is 1. The molecule has 1 aromatic rings. The van der Waals surface area contributed by atoms with Crippen LogP contribution in [-0.2, 0) is 4.79 Å². The van der Waals surface area contributed by atoms with Gasteiger partial charge in [0.05, 0.1) is 5.02 Å². The molecule has 0 heterocycles. The largest absolute Gasteiger partial charge is 0.326 e. The Morgan fingerprint density at radius 2 is 2.21 bits per heavy atom. The predicted molar refractivity (Wildman–Crippen MR) is 73.6 cm³/mol. The zero-order valence-corrected chi connectivity index (χ0v) is 11.4. The van der Waals surface area contributed by atoms with Gasteiger partial charge >= 0.3 is 0 Å². The van der Waals surface area contributed by atoms with Gasteiger partial charge in [-0.05, 0) is 55.2 Å². The number of carbonyl (C=O) groups excluding carboxylic acids is 1. The summed E-state index contributed by atoms with van der Waals surface area (Å²) in [7, 11) is 0. The molecule has 0 saturated heterocycles. The first-order valence-electron chi connectivity index (χ1n) is 6.86. The zero-order valence-electron chi connectivity index (χ0n) is 10.7. The molecule has 2 nitrogen and oxygen atoms in total. The van der Waals surface area contributed by atoms with Crippen LogP contribution in [0, 0.1) is 23.6 Å². The number of anilines is 1. The van der Waals surface area contributed by atoms with Crippen LogP contribution in [0.25, 0.3) is 0 Å². The molecule has 3 rings (SSSR count). The summed E-state index contributed by atoms with van der Waals surface area (Å²) in [6.07, 6.45) is 5.71. The van der Waals surface area contributed by atoms with E-state index < -0.39 is 5.82 Å². The van der Waals surface area contributed by atoms with Gasteiger partial charge in [-0.3, -0.25) is 4.79 Å². The van der Waals surface area contributed by atoms with Crippen LogP contribution in [0.1, 0.15) is 32.1 Å². The first-order valence-corrected chi connectivity index (χ1v) is 7.24. The number of halogens is 2. The molecule has 2 saturated carbocycles. The molecule has 2 aliphatic rings. The molecule has 2 aliphatic carbocycles. The summed E-state index contributed by atoms with van der Waals surface area (Å²) in [5.41, 5.74) is 0.569. The van der Waals surface area contributed by atoms with Crippen LogP contribution < -0.4 is 5.32 Å². The van der Waals surface area contributed by atoms with E-state index in [9.17, 15) is 9.18 Å². The van der Waals surface area contributed by atoms with E-state index in [1.165, 1.54) is 37.8 Å². The minimum Gasteiger partial charge on any atom is -0.326 e. The maximum Gasteiger partial charge on any atom is 0.224 e. The lowest BCUT2D eigenvalue weighted by atomic mass is 9.86. The first kappa shape index (κ1) is 12.9. The van der Waals surface area contributed by atoms with E-state index in [1.54, 1.807) is 6.07 Å². The van der Waals surface area contributed by atoms with Crippen LogP contribution in [0.15, 0.2) is 18.2 Å². The summed E-state index contributed by atoms with van der Waals surface area (Å²) < 4.78 is 13.0. The summed E-state index contributed by atoms with van der Waals surface area (Å²) in [6, 6.07) is 4.27. The van der Waals surface area contributed by atoms with Crippen LogP contribution in [0.3, 0.4) is 0 Å². The van der Waals surface area contributed by atoms with Crippen LogP contribution in [0.4, 0.5) is 10.1 Å². The number of carbonyl (C=O) groups is 1. The lowest BCUT2D eigenvalue weighted by Crippen LogP contribution is -2.20. The second-order valence-electron chi connectivity index (χ2n) is 5.82. The van der Waals surface area contributed by atoms with E-state index in [4.69, 9.17) is 11.6 Å². The number of amides is 1. The van der Waals surface area contributed by atoms with Crippen molar-refractivity contribution in [1.29, 1.82) is 0 Å². The Labute approximate surface area is 117 Å². The molecule has 1 N–H and O–H groups in total. The number of rotatable bonds is 3. The first-order chi connectivity index (χ1) is 9.11. The number of nitrogens with one attached hydrogen (secondary N) is 1. The fourth-order valence-corrected chi connectivity index (χ4v) is 3.83. The molecule has 0 spiro atoms. The smallest absolute Gasteiger partial charge is 0.224 e. The Kier molecular flexibility index (Phi) is 3.48. The van der Waals surface area contributed by atoms with Gasteiger partial charge in [0, 0.05) is 12.1 Å². The van der Waals surface area contributed by atoms with Crippen molar-refractivity contribution in [3.63, 3.8) is 0 Å². The fraction of sp³-hybridized carbons (Fsp3) is 0.533. The number of fused-ring (bicyclic) bond motifs is 2. The monoisotopic (exact) mass is 281 g/mol. The maximum atomic E-state index is 13.0. The van der Waals surface area contributed by atoms with Crippen LogP contribution in [0.2, 0.25) is 5.02 Å². The standard InChI is InChI=1S/C15H17ClFNO/c16-13-8-12(3-4-14(13)17)18-15(19)7-11-6-9-1-2-10(11)5-9/h3-4,8-11H,1-2,5-7H2,(H,18,19)/t9-,10-,11+/m1/s1. The quantitative estimate of drug-likeness (QED) is 0.882. The normalized spacial score (nSPS) is 28.6. The molecular formula is C15H17ClFNO. The molecule has 0 aromatic heterocycles. The van der Waals surface area contributed by atoms with Crippen molar-refractivity contribution in [3.8, 4) is 0 Å². The van der Waals surface area contributed by atoms with E-state index in [-0.39, 0.29) is 10.9 Å². The predicted octanol–water partition coefficient (Wildman–Crippen LogP) is 4.24. The molecule has 1 aromatic carbocycles. The Hall–Kier alpha value is -1.09. The molecule has 1 amide bonds. The highest BCUT2D eigenvalue weighted by Gasteiger charge is 2.40. The Morgan fingerprint density at radius 1 is 1.37 bits per heavy atom. The van der Waals surface area contributed by atoms with Gasteiger partial charge in [0.25, 0.3) is 0 Å². The van der Waals surface area contributed by atoms with Gasteiger partial charge in [-0.25, -0.2) is 4.39 Å². The SMILES string of the molecule is O=C(C[C@@H]1C[C@@H]2CC[C@@H]1C2)Nc1ccc(F)c(Cl)c1. The summed E-state index contributed by atoms with van der Waals surface area (Å²) >= 11 is 5.69. The van der Waals surface area contributed by atoms with Gasteiger partial charge in [-0.15, -0.1) is 0 Å². The lowest BCUT2D eigenvalue weighted by Gasteiger charge is -2.20. The average molecular weight is 282 g/mol. The minimum absolute atomic E-state index is 0.0141. The van der Waals surface area contributed by atoms with E-state index in [0.29, 0.717) is 18.0 Å². The van der Waals surface area contributed by atoms with E-state index in [0.717, 1.165) is 11.8 Å². The Balaban J connectivity index is 1.57. The summed E-state index contributed by atoms with van der Waals surface area (Å²) in [5, 5.41) is 2.85. The van der Waals surface area contributed by atoms with Crippen LogP contribution >= 0.6 is 11.6 Å². The lowest BCUT2D eigenvalue weighted by molar-refractivity contribution is -0.117. The van der Waals surface area contributed by atoms with E-state index in [2.05, 4.69) is 5.32 Å². The summed E-state index contributed by atoms with van der Waals surface area (Å²) in [6.45, 7) is 0. The molecular weight excluding hydrogens is 265 g/mol. The molecule has 0 aliphatic heterocycles. The zero-order chi connectivity index (χ0) is 13.4. The minimum atomic E-state index is -0.465. The molecule has 4 heteroatoms. The summed E-state index contributed by atoms with van der Waals surface area (Å²) in [4.78, 5) is 12.0. The van der Waals surface area contributed by atoms with Crippen LogP contribution in [-0.4, -0.2) is 5.91 Å². The molecule has 3 atom stereocenters. The van der Waals surface area contributed by atoms with E-state index in [1.807, 2.05) is 0 Å². The third-order valence-corrected chi connectivity index (χ3v) is 4.83. The molecule has 0 unspecified atom stereocenters. The highest BCUT2D eigenvalue weighted by atomic mass is 35.5. The van der Waals surface area contributed by atoms with Gasteiger partial charge in [0.15, 0.2) is 0 Å². The van der Waals surface area contributed by atoms with Crippen molar-refractivity contribution in [3.05, 3.63) is 29.0 Å². The second kappa shape index (κ2) is 5.12. The van der Waals surface area contributed by atoms with Crippen molar-refractivity contribution in [2.45, 2.75) is 32.1 Å².